The van der Waals surface area contributed by atoms with Crippen molar-refractivity contribution in [1.82, 2.24) is 10.0 Å². The zero-order valence-corrected chi connectivity index (χ0v) is 9.98. The Balaban J connectivity index is 1.96. The molecule has 1 fully saturated rings. The van der Waals surface area contributed by atoms with Crippen molar-refractivity contribution in [3.05, 3.63) is 0 Å². The Labute approximate surface area is 93.5 Å². The van der Waals surface area contributed by atoms with E-state index in [1.165, 1.54) is 0 Å². The second-order valence-electron chi connectivity index (χ2n) is 3.45. The van der Waals surface area contributed by atoms with Crippen molar-refractivity contribution in [3.8, 4) is 0 Å². The molecule has 1 heterocycles. The molecule has 0 spiro atoms. The number of hydrogen-bond acceptors (Lipinski definition) is 4. The zero-order chi connectivity index (χ0) is 10.9. The van der Waals surface area contributed by atoms with Crippen LogP contribution in [0.1, 0.15) is 6.42 Å². The summed E-state index contributed by atoms with van der Waals surface area (Å²) in [6, 6.07) is 0. The fourth-order valence-corrected chi connectivity index (χ4v) is 1.74. The van der Waals surface area contributed by atoms with Gasteiger partial charge in [0.15, 0.2) is 0 Å². The molecule has 5 nitrogen and oxygen atoms in total. The van der Waals surface area contributed by atoms with Gasteiger partial charge in [-0.15, -0.1) is 0 Å². The molecule has 0 saturated carbocycles. The Morgan fingerprint density at radius 2 is 2.47 bits per heavy atom. The van der Waals surface area contributed by atoms with E-state index in [9.17, 15) is 4.21 Å². The standard InChI is InChI=1S/C9H20N2O3S/c1-15(12)11-5-6-13-8-9-2-3-10-4-7-14-9/h9-11H,2-8H2,1H3. The Kier molecular flexibility index (Phi) is 7.12. The minimum atomic E-state index is -0.948. The third kappa shape index (κ3) is 6.97. The smallest absolute Gasteiger partial charge is 0.0884 e. The van der Waals surface area contributed by atoms with E-state index in [4.69, 9.17) is 9.47 Å². The summed E-state index contributed by atoms with van der Waals surface area (Å²) >= 11 is 0. The van der Waals surface area contributed by atoms with Crippen LogP contribution in [0.2, 0.25) is 0 Å². The van der Waals surface area contributed by atoms with E-state index in [0.29, 0.717) is 19.8 Å². The van der Waals surface area contributed by atoms with Crippen molar-refractivity contribution in [1.29, 1.82) is 0 Å². The summed E-state index contributed by atoms with van der Waals surface area (Å²) in [5, 5.41) is 3.26. The van der Waals surface area contributed by atoms with Crippen LogP contribution in [-0.2, 0) is 20.5 Å². The highest BCUT2D eigenvalue weighted by atomic mass is 32.2. The molecule has 2 atom stereocenters. The lowest BCUT2D eigenvalue weighted by Gasteiger charge is -2.14. The van der Waals surface area contributed by atoms with Gasteiger partial charge in [-0.1, -0.05) is 0 Å². The van der Waals surface area contributed by atoms with Gasteiger partial charge in [0.1, 0.15) is 0 Å². The summed E-state index contributed by atoms with van der Waals surface area (Å²) in [5.41, 5.74) is 0. The van der Waals surface area contributed by atoms with Crippen molar-refractivity contribution in [2.24, 2.45) is 0 Å². The van der Waals surface area contributed by atoms with Gasteiger partial charge in [0.2, 0.25) is 0 Å². The van der Waals surface area contributed by atoms with Gasteiger partial charge in [0.25, 0.3) is 0 Å². The Hall–Kier alpha value is -0.0100. The van der Waals surface area contributed by atoms with E-state index in [0.717, 1.165) is 26.1 Å². The maximum Gasteiger partial charge on any atom is 0.0884 e. The van der Waals surface area contributed by atoms with Crippen LogP contribution in [0.4, 0.5) is 0 Å². The highest BCUT2D eigenvalue weighted by molar-refractivity contribution is 7.82. The zero-order valence-electron chi connectivity index (χ0n) is 9.16. The predicted molar refractivity (Wildman–Crippen MR) is 60.1 cm³/mol. The summed E-state index contributed by atoms with van der Waals surface area (Å²) in [4.78, 5) is 0. The van der Waals surface area contributed by atoms with Gasteiger partial charge >= 0.3 is 0 Å². The predicted octanol–water partition coefficient (Wildman–Crippen LogP) is -0.735. The van der Waals surface area contributed by atoms with Gasteiger partial charge in [-0.05, 0) is 13.0 Å². The van der Waals surface area contributed by atoms with E-state index in [-0.39, 0.29) is 6.10 Å². The average molecular weight is 236 g/mol. The number of hydrogen-bond donors (Lipinski definition) is 2. The first-order valence-corrected chi connectivity index (χ1v) is 6.82. The summed E-state index contributed by atoms with van der Waals surface area (Å²) in [5.74, 6) is 0. The minimum absolute atomic E-state index is 0.201. The molecule has 1 rings (SSSR count). The van der Waals surface area contributed by atoms with E-state index in [2.05, 4.69) is 10.0 Å². The molecule has 2 unspecified atom stereocenters. The third-order valence-corrected chi connectivity index (χ3v) is 2.74. The number of nitrogens with one attached hydrogen (secondary N) is 2. The van der Waals surface area contributed by atoms with Gasteiger partial charge in [0.05, 0.1) is 36.9 Å². The van der Waals surface area contributed by atoms with Crippen molar-refractivity contribution in [3.63, 3.8) is 0 Å². The first-order valence-electron chi connectivity index (χ1n) is 5.26. The van der Waals surface area contributed by atoms with Crippen LogP contribution >= 0.6 is 0 Å². The van der Waals surface area contributed by atoms with Gasteiger partial charge in [-0.3, -0.25) is 0 Å². The molecule has 6 heteroatoms. The fraction of sp³-hybridized carbons (Fsp3) is 1.00. The molecule has 0 radical (unpaired) electrons. The maximum atomic E-state index is 10.7. The minimum Gasteiger partial charge on any atom is -0.377 e. The summed E-state index contributed by atoms with van der Waals surface area (Å²) in [6.45, 7) is 4.49. The van der Waals surface area contributed by atoms with Gasteiger partial charge in [0, 0.05) is 19.3 Å². The van der Waals surface area contributed by atoms with Crippen molar-refractivity contribution in [2.75, 3.05) is 45.7 Å². The molecule has 1 saturated heterocycles. The molecule has 0 aromatic rings. The third-order valence-electron chi connectivity index (χ3n) is 2.13. The topological polar surface area (TPSA) is 59.6 Å². The monoisotopic (exact) mass is 236 g/mol. The molecule has 0 aliphatic carbocycles. The lowest BCUT2D eigenvalue weighted by Crippen LogP contribution is -2.25. The SMILES string of the molecule is CS(=O)NCCOCC1CCNCCO1. The van der Waals surface area contributed by atoms with E-state index in [1.54, 1.807) is 6.26 Å². The molecular weight excluding hydrogens is 216 g/mol. The summed E-state index contributed by atoms with van der Waals surface area (Å²) in [6.07, 6.45) is 2.81. The molecule has 0 aromatic heterocycles. The van der Waals surface area contributed by atoms with Crippen molar-refractivity contribution >= 4 is 11.0 Å². The molecule has 0 bridgehead atoms. The molecule has 0 aromatic carbocycles. The molecule has 1 aliphatic rings. The van der Waals surface area contributed by atoms with E-state index >= 15 is 0 Å². The second kappa shape index (κ2) is 8.18. The second-order valence-corrected chi connectivity index (χ2v) is 4.65. The fourth-order valence-electron chi connectivity index (χ4n) is 1.37. The Morgan fingerprint density at radius 1 is 1.60 bits per heavy atom. The Bertz CT molecular complexity index is 184. The highest BCUT2D eigenvalue weighted by Crippen LogP contribution is 2.01. The first-order chi connectivity index (χ1) is 7.29. The summed E-state index contributed by atoms with van der Waals surface area (Å²) in [7, 11) is -0.948. The normalized spacial score (nSPS) is 24.7. The van der Waals surface area contributed by atoms with Crippen molar-refractivity contribution < 1.29 is 13.7 Å². The lowest BCUT2D eigenvalue weighted by molar-refractivity contribution is -0.00838. The Morgan fingerprint density at radius 3 is 3.27 bits per heavy atom. The van der Waals surface area contributed by atoms with Crippen LogP contribution < -0.4 is 10.0 Å². The first kappa shape index (κ1) is 13.1. The largest absolute Gasteiger partial charge is 0.377 e. The molecule has 2 N–H and O–H groups in total. The maximum absolute atomic E-state index is 10.7. The average Bonchev–Trinajstić information content (AvgIpc) is 2.45. The summed E-state index contributed by atoms with van der Waals surface area (Å²) < 4.78 is 24.4. The molecular formula is C9H20N2O3S. The molecule has 0 amide bonds. The molecule has 15 heavy (non-hydrogen) atoms. The van der Waals surface area contributed by atoms with Gasteiger partial charge in [-0.25, -0.2) is 8.93 Å². The number of rotatable bonds is 6. The van der Waals surface area contributed by atoms with E-state index < -0.39 is 11.0 Å². The van der Waals surface area contributed by atoms with Gasteiger partial charge in [-0.2, -0.15) is 0 Å². The molecule has 1 aliphatic heterocycles. The van der Waals surface area contributed by atoms with Crippen LogP contribution in [0.25, 0.3) is 0 Å². The van der Waals surface area contributed by atoms with Crippen LogP contribution in [0.3, 0.4) is 0 Å². The van der Waals surface area contributed by atoms with E-state index in [1.807, 2.05) is 0 Å². The molecule has 90 valence electrons. The number of ether oxygens (including phenoxy) is 2. The van der Waals surface area contributed by atoms with Crippen LogP contribution in [0.5, 0.6) is 0 Å². The van der Waals surface area contributed by atoms with Gasteiger partial charge < -0.3 is 14.8 Å². The highest BCUT2D eigenvalue weighted by Gasteiger charge is 2.11. The quantitative estimate of drug-likeness (QED) is 0.597. The van der Waals surface area contributed by atoms with Crippen LogP contribution in [0.15, 0.2) is 0 Å². The lowest BCUT2D eigenvalue weighted by atomic mass is 10.3. The van der Waals surface area contributed by atoms with Crippen LogP contribution in [0, 0.1) is 0 Å². The van der Waals surface area contributed by atoms with Crippen LogP contribution in [-0.4, -0.2) is 56.0 Å². The van der Waals surface area contributed by atoms with Crippen molar-refractivity contribution in [2.45, 2.75) is 12.5 Å².